The summed E-state index contributed by atoms with van der Waals surface area (Å²) >= 11 is 0. The molecule has 0 aliphatic heterocycles. The van der Waals surface area contributed by atoms with E-state index in [1.807, 2.05) is 6.08 Å². The molecule has 0 bridgehead atoms. The molecule has 0 radical (unpaired) electrons. The number of hydrogen-bond acceptors (Lipinski definition) is 8. The van der Waals surface area contributed by atoms with Crippen LogP contribution in [0.25, 0.3) is 0 Å². The van der Waals surface area contributed by atoms with Gasteiger partial charge in [0.05, 0.1) is 13.2 Å². The lowest BCUT2D eigenvalue weighted by Crippen LogP contribution is -2.29. The summed E-state index contributed by atoms with van der Waals surface area (Å²) in [6.45, 7) is 3.55. The molecule has 53 heavy (non-hydrogen) atoms. The van der Waals surface area contributed by atoms with Gasteiger partial charge in [-0.1, -0.05) is 164 Å². The SMILES string of the molecule is CC/C=C/C/C=C/C/C=C/C/C=C/C/C=C/CCCC(=O)OC[C@H](COP(=O)(O)OCCN)OC(=O)CCCCCCCCCCCCCCCCC. The molecule has 2 atom stereocenters. The number of rotatable bonds is 38. The lowest BCUT2D eigenvalue weighted by atomic mass is 10.0. The first-order valence-electron chi connectivity index (χ1n) is 20.8. The Morgan fingerprint density at radius 2 is 1.04 bits per heavy atom. The van der Waals surface area contributed by atoms with E-state index in [2.05, 4.69) is 68.5 Å². The van der Waals surface area contributed by atoms with E-state index in [-0.39, 0.29) is 32.6 Å². The van der Waals surface area contributed by atoms with Crippen molar-refractivity contribution in [1.82, 2.24) is 0 Å². The Morgan fingerprint density at radius 1 is 0.585 bits per heavy atom. The van der Waals surface area contributed by atoms with Crippen LogP contribution in [0.3, 0.4) is 0 Å². The lowest BCUT2D eigenvalue weighted by molar-refractivity contribution is -0.161. The Balaban J connectivity index is 4.27. The second-order valence-electron chi connectivity index (χ2n) is 13.5. The average Bonchev–Trinajstić information content (AvgIpc) is 3.14. The Hall–Kier alpha value is -2.29. The molecular formula is C43H76NO8P. The number of carbonyl (C=O) groups is 2. The van der Waals surface area contributed by atoms with Gasteiger partial charge in [-0.05, 0) is 51.4 Å². The van der Waals surface area contributed by atoms with Crippen molar-refractivity contribution < 1.29 is 37.6 Å². The zero-order valence-electron chi connectivity index (χ0n) is 33.5. The predicted octanol–water partition coefficient (Wildman–Crippen LogP) is 11.7. The minimum absolute atomic E-state index is 0.0445. The van der Waals surface area contributed by atoms with Crippen molar-refractivity contribution >= 4 is 19.8 Å². The fraction of sp³-hybridized carbons (Fsp3) is 0.721. The van der Waals surface area contributed by atoms with Gasteiger partial charge in [0, 0.05) is 19.4 Å². The third kappa shape index (κ3) is 39.2. The molecular weight excluding hydrogens is 689 g/mol. The van der Waals surface area contributed by atoms with E-state index < -0.39 is 32.5 Å². The summed E-state index contributed by atoms with van der Waals surface area (Å²) in [5.41, 5.74) is 5.34. The smallest absolute Gasteiger partial charge is 0.462 e. The van der Waals surface area contributed by atoms with Crippen molar-refractivity contribution in [3.05, 3.63) is 60.8 Å². The maximum Gasteiger partial charge on any atom is 0.472 e. The highest BCUT2D eigenvalue weighted by molar-refractivity contribution is 7.47. The molecule has 9 nitrogen and oxygen atoms in total. The third-order valence-corrected chi connectivity index (χ3v) is 9.40. The number of hydrogen-bond donors (Lipinski definition) is 2. The van der Waals surface area contributed by atoms with Gasteiger partial charge in [-0.3, -0.25) is 18.6 Å². The number of nitrogens with two attached hydrogens (primary N) is 1. The van der Waals surface area contributed by atoms with Crippen molar-refractivity contribution in [2.75, 3.05) is 26.4 Å². The summed E-state index contributed by atoms with van der Waals surface area (Å²) in [4.78, 5) is 34.8. The number of esters is 2. The maximum atomic E-state index is 12.6. The Bertz CT molecular complexity index is 1050. The van der Waals surface area contributed by atoms with Crippen LogP contribution in [-0.4, -0.2) is 49.3 Å². The first kappa shape index (κ1) is 50.7. The van der Waals surface area contributed by atoms with Crippen LogP contribution >= 0.6 is 7.82 Å². The molecule has 10 heteroatoms. The molecule has 0 aromatic rings. The van der Waals surface area contributed by atoms with Crippen molar-refractivity contribution in [1.29, 1.82) is 0 Å². The summed E-state index contributed by atoms with van der Waals surface area (Å²) in [7, 11) is -4.39. The number of ether oxygens (including phenoxy) is 2. The van der Waals surface area contributed by atoms with Gasteiger partial charge in [0.1, 0.15) is 6.61 Å². The fourth-order valence-electron chi connectivity index (χ4n) is 5.38. The van der Waals surface area contributed by atoms with E-state index in [9.17, 15) is 19.0 Å². The van der Waals surface area contributed by atoms with Crippen molar-refractivity contribution in [3.8, 4) is 0 Å². The summed E-state index contributed by atoms with van der Waals surface area (Å²) in [6, 6.07) is 0. The van der Waals surface area contributed by atoms with Gasteiger partial charge in [0.15, 0.2) is 6.10 Å². The van der Waals surface area contributed by atoms with Gasteiger partial charge in [0.25, 0.3) is 0 Å². The molecule has 0 rings (SSSR count). The summed E-state index contributed by atoms with van der Waals surface area (Å²) in [5.74, 6) is -0.897. The van der Waals surface area contributed by atoms with Gasteiger partial charge < -0.3 is 20.1 Å². The van der Waals surface area contributed by atoms with E-state index in [4.69, 9.17) is 24.3 Å². The minimum Gasteiger partial charge on any atom is -0.462 e. The van der Waals surface area contributed by atoms with Crippen molar-refractivity contribution in [2.45, 2.75) is 174 Å². The normalized spacial score (nSPS) is 14.0. The number of unbranched alkanes of at least 4 members (excludes halogenated alkanes) is 15. The van der Waals surface area contributed by atoms with Crippen LogP contribution in [0.1, 0.15) is 168 Å². The van der Waals surface area contributed by atoms with E-state index in [0.29, 0.717) is 12.8 Å². The molecule has 0 heterocycles. The van der Waals surface area contributed by atoms with E-state index in [0.717, 1.165) is 57.8 Å². The first-order chi connectivity index (χ1) is 25.8. The summed E-state index contributed by atoms with van der Waals surface area (Å²) < 4.78 is 32.7. The fourth-order valence-corrected chi connectivity index (χ4v) is 6.14. The zero-order chi connectivity index (χ0) is 38.9. The van der Waals surface area contributed by atoms with Crippen LogP contribution in [-0.2, 0) is 32.7 Å². The molecule has 0 aliphatic carbocycles. The van der Waals surface area contributed by atoms with Gasteiger partial charge in [0.2, 0.25) is 0 Å². The highest BCUT2D eigenvalue weighted by Gasteiger charge is 2.25. The van der Waals surface area contributed by atoms with E-state index in [1.165, 1.54) is 70.6 Å². The molecule has 0 fully saturated rings. The molecule has 306 valence electrons. The maximum absolute atomic E-state index is 12.6. The van der Waals surface area contributed by atoms with Crippen LogP contribution in [0.15, 0.2) is 60.8 Å². The Morgan fingerprint density at radius 3 is 1.53 bits per heavy atom. The largest absolute Gasteiger partial charge is 0.472 e. The third-order valence-electron chi connectivity index (χ3n) is 8.42. The van der Waals surface area contributed by atoms with Gasteiger partial charge in [-0.15, -0.1) is 0 Å². The van der Waals surface area contributed by atoms with Crippen LogP contribution in [0, 0.1) is 0 Å². The minimum atomic E-state index is -4.39. The molecule has 3 N–H and O–H groups in total. The molecule has 0 aromatic carbocycles. The standard InChI is InChI=1S/C43H76NO8P/c1-3-5-7-9-11-13-15-17-19-20-22-23-25-27-29-31-33-35-42(45)49-39-41(40-51-53(47,48)50-38-37-44)52-43(46)36-34-32-30-28-26-24-21-18-16-14-12-10-8-6-4-2/h5,7,11,13,17,19,22-23,27,29,41H,3-4,6,8-10,12,14-16,18,20-21,24-26,28,30-40,44H2,1-2H3,(H,47,48)/b7-5+,13-11+,19-17+,23-22+,29-27+/t41-/m1/s1. The van der Waals surface area contributed by atoms with Crippen LogP contribution in [0.2, 0.25) is 0 Å². The second kappa shape index (κ2) is 39.4. The van der Waals surface area contributed by atoms with Crippen LogP contribution in [0.4, 0.5) is 0 Å². The summed E-state index contributed by atoms with van der Waals surface area (Å²) in [5, 5.41) is 0. The topological polar surface area (TPSA) is 134 Å². The van der Waals surface area contributed by atoms with E-state index in [1.54, 1.807) is 0 Å². The van der Waals surface area contributed by atoms with Crippen LogP contribution in [0.5, 0.6) is 0 Å². The second-order valence-corrected chi connectivity index (χ2v) is 14.9. The molecule has 0 aromatic heterocycles. The zero-order valence-corrected chi connectivity index (χ0v) is 34.4. The molecule has 0 amide bonds. The van der Waals surface area contributed by atoms with Gasteiger partial charge in [-0.25, -0.2) is 4.57 Å². The monoisotopic (exact) mass is 766 g/mol. The van der Waals surface area contributed by atoms with Crippen molar-refractivity contribution in [2.24, 2.45) is 5.73 Å². The van der Waals surface area contributed by atoms with Gasteiger partial charge in [-0.2, -0.15) is 0 Å². The van der Waals surface area contributed by atoms with Crippen molar-refractivity contribution in [3.63, 3.8) is 0 Å². The predicted molar refractivity (Wildman–Crippen MR) is 219 cm³/mol. The quantitative estimate of drug-likeness (QED) is 0.0272. The number of carbonyl (C=O) groups excluding carboxylic acids is 2. The average molecular weight is 766 g/mol. The Kier molecular flexibility index (Phi) is 37.7. The highest BCUT2D eigenvalue weighted by Crippen LogP contribution is 2.43. The first-order valence-corrected chi connectivity index (χ1v) is 22.3. The van der Waals surface area contributed by atoms with Gasteiger partial charge >= 0.3 is 19.8 Å². The Labute approximate surface area is 323 Å². The molecule has 0 saturated heterocycles. The lowest BCUT2D eigenvalue weighted by Gasteiger charge is -2.19. The number of allylic oxidation sites excluding steroid dienone is 10. The number of phosphoric ester groups is 1. The van der Waals surface area contributed by atoms with Crippen LogP contribution < -0.4 is 5.73 Å². The molecule has 0 spiro atoms. The van der Waals surface area contributed by atoms with E-state index >= 15 is 0 Å². The number of phosphoric acid groups is 1. The highest BCUT2D eigenvalue weighted by atomic mass is 31.2. The summed E-state index contributed by atoms with van der Waals surface area (Å²) in [6.07, 6.45) is 45.4. The molecule has 1 unspecified atom stereocenters. The molecule has 0 aliphatic rings. The molecule has 0 saturated carbocycles.